The summed E-state index contributed by atoms with van der Waals surface area (Å²) in [6.07, 6.45) is -1.95. The van der Waals surface area contributed by atoms with Crippen molar-refractivity contribution in [1.82, 2.24) is 9.97 Å². The highest BCUT2D eigenvalue weighted by atomic mass is 19.4. The number of aliphatic hydroxyl groups excluding tert-OH is 1. The molecule has 16 heavy (non-hydrogen) atoms. The van der Waals surface area contributed by atoms with Crippen molar-refractivity contribution < 1.29 is 18.3 Å². The van der Waals surface area contributed by atoms with E-state index in [1.807, 2.05) is 0 Å². The molecule has 1 aromatic rings. The molecule has 0 atom stereocenters. The van der Waals surface area contributed by atoms with E-state index in [0.29, 0.717) is 0 Å². The second-order valence-corrected chi connectivity index (χ2v) is 3.08. The van der Waals surface area contributed by atoms with Crippen LogP contribution in [0, 0.1) is 0 Å². The Hall–Kier alpha value is -1.57. The molecule has 3 N–H and O–H groups in total. The molecule has 0 saturated carbocycles. The molecule has 0 bridgehead atoms. The molecule has 1 aromatic heterocycles. The van der Waals surface area contributed by atoms with Crippen molar-refractivity contribution >= 4 is 11.6 Å². The van der Waals surface area contributed by atoms with Crippen LogP contribution in [-0.2, 0) is 0 Å². The largest absolute Gasteiger partial charge is 0.406 e. The Labute approximate surface area is 89.7 Å². The summed E-state index contributed by atoms with van der Waals surface area (Å²) in [5.41, 5.74) is 5.58. The predicted molar refractivity (Wildman–Crippen MR) is 51.8 cm³/mol. The normalized spacial score (nSPS) is 11.5. The third-order valence-corrected chi connectivity index (χ3v) is 1.68. The zero-order valence-electron chi connectivity index (χ0n) is 8.28. The number of nitrogens with zero attached hydrogens (tertiary/aromatic N) is 3. The van der Waals surface area contributed by atoms with E-state index in [1.54, 1.807) is 0 Å². The smallest absolute Gasteiger partial charge is 0.396 e. The standard InChI is InChI=1S/C8H11F3N4O/c9-8(10,11)5-15(1-2-16)7-13-3-6(12)4-14-7/h3-4,16H,1-2,5,12H2. The van der Waals surface area contributed by atoms with Crippen molar-refractivity contribution in [1.29, 1.82) is 0 Å². The summed E-state index contributed by atoms with van der Waals surface area (Å²) in [5, 5.41) is 8.66. The molecule has 0 aliphatic heterocycles. The van der Waals surface area contributed by atoms with Crippen LogP contribution in [0.15, 0.2) is 12.4 Å². The minimum atomic E-state index is -4.38. The first-order valence-corrected chi connectivity index (χ1v) is 4.42. The highest BCUT2D eigenvalue weighted by Gasteiger charge is 2.31. The van der Waals surface area contributed by atoms with Crippen LogP contribution in [-0.4, -0.2) is 40.9 Å². The summed E-state index contributed by atoms with van der Waals surface area (Å²) < 4.78 is 36.6. The van der Waals surface area contributed by atoms with Crippen molar-refractivity contribution in [2.75, 3.05) is 30.3 Å². The van der Waals surface area contributed by atoms with Crippen LogP contribution in [0.5, 0.6) is 0 Å². The predicted octanol–water partition coefficient (Wildman–Crippen LogP) is 0.420. The van der Waals surface area contributed by atoms with Gasteiger partial charge in [-0.05, 0) is 0 Å². The summed E-state index contributed by atoms with van der Waals surface area (Å²) in [5.74, 6) is -0.111. The van der Waals surface area contributed by atoms with Crippen LogP contribution < -0.4 is 10.6 Å². The highest BCUT2D eigenvalue weighted by Crippen LogP contribution is 2.19. The molecule has 0 fully saturated rings. The van der Waals surface area contributed by atoms with E-state index in [0.717, 1.165) is 4.90 Å². The number of alkyl halides is 3. The van der Waals surface area contributed by atoms with Crippen LogP contribution in [0.1, 0.15) is 0 Å². The molecule has 0 radical (unpaired) electrons. The van der Waals surface area contributed by atoms with Gasteiger partial charge in [-0.15, -0.1) is 0 Å². The average molecular weight is 236 g/mol. The van der Waals surface area contributed by atoms with Gasteiger partial charge in [0.25, 0.3) is 0 Å². The molecule has 0 aliphatic carbocycles. The molecule has 90 valence electrons. The van der Waals surface area contributed by atoms with Gasteiger partial charge in [0, 0.05) is 6.54 Å². The average Bonchev–Trinajstić information content (AvgIpc) is 2.16. The van der Waals surface area contributed by atoms with Crippen LogP contribution >= 0.6 is 0 Å². The van der Waals surface area contributed by atoms with Gasteiger partial charge in [-0.1, -0.05) is 0 Å². The summed E-state index contributed by atoms with van der Waals surface area (Å²) in [6.45, 7) is -1.81. The van der Waals surface area contributed by atoms with Gasteiger partial charge in [0.1, 0.15) is 6.54 Å². The fraction of sp³-hybridized carbons (Fsp3) is 0.500. The number of aliphatic hydroxyl groups is 1. The summed E-state index contributed by atoms with van der Waals surface area (Å²) in [6, 6.07) is 0. The van der Waals surface area contributed by atoms with E-state index in [-0.39, 0.29) is 18.2 Å². The lowest BCUT2D eigenvalue weighted by atomic mass is 10.4. The first-order valence-electron chi connectivity index (χ1n) is 4.42. The van der Waals surface area contributed by atoms with Gasteiger partial charge >= 0.3 is 6.18 Å². The first kappa shape index (κ1) is 12.5. The fourth-order valence-corrected chi connectivity index (χ4v) is 1.08. The first-order chi connectivity index (χ1) is 7.42. The molecular weight excluding hydrogens is 225 g/mol. The Morgan fingerprint density at radius 2 is 1.88 bits per heavy atom. The SMILES string of the molecule is Nc1cnc(N(CCO)CC(F)(F)F)nc1. The summed E-state index contributed by atoms with van der Waals surface area (Å²) >= 11 is 0. The molecule has 0 spiro atoms. The van der Waals surface area contributed by atoms with Crippen molar-refractivity contribution in [3.05, 3.63) is 12.4 Å². The van der Waals surface area contributed by atoms with Crippen molar-refractivity contribution in [3.63, 3.8) is 0 Å². The number of hydrogen-bond acceptors (Lipinski definition) is 5. The van der Waals surface area contributed by atoms with E-state index in [2.05, 4.69) is 9.97 Å². The van der Waals surface area contributed by atoms with Gasteiger partial charge in [0.05, 0.1) is 24.7 Å². The Morgan fingerprint density at radius 1 is 1.31 bits per heavy atom. The molecule has 0 aromatic carbocycles. The van der Waals surface area contributed by atoms with E-state index >= 15 is 0 Å². The number of anilines is 2. The number of hydrogen-bond donors (Lipinski definition) is 2. The molecule has 1 rings (SSSR count). The topological polar surface area (TPSA) is 75.3 Å². The molecule has 0 saturated heterocycles. The molecule has 0 aliphatic rings. The second kappa shape index (κ2) is 4.97. The third kappa shape index (κ3) is 3.89. The van der Waals surface area contributed by atoms with Gasteiger partial charge in [0.2, 0.25) is 5.95 Å². The van der Waals surface area contributed by atoms with Gasteiger partial charge in [-0.25, -0.2) is 9.97 Å². The Morgan fingerprint density at radius 3 is 2.31 bits per heavy atom. The minimum Gasteiger partial charge on any atom is -0.396 e. The second-order valence-electron chi connectivity index (χ2n) is 3.08. The Bertz CT molecular complexity index is 327. The molecular formula is C8H11F3N4O. The lowest BCUT2D eigenvalue weighted by molar-refractivity contribution is -0.120. The van der Waals surface area contributed by atoms with Gasteiger partial charge < -0.3 is 15.7 Å². The van der Waals surface area contributed by atoms with E-state index in [9.17, 15) is 13.2 Å². The fourth-order valence-electron chi connectivity index (χ4n) is 1.08. The zero-order valence-corrected chi connectivity index (χ0v) is 8.28. The van der Waals surface area contributed by atoms with Crippen molar-refractivity contribution in [2.24, 2.45) is 0 Å². The monoisotopic (exact) mass is 236 g/mol. The van der Waals surface area contributed by atoms with E-state index < -0.39 is 19.3 Å². The minimum absolute atomic E-state index is 0.111. The van der Waals surface area contributed by atoms with Gasteiger partial charge in [-0.3, -0.25) is 0 Å². The molecule has 0 unspecified atom stereocenters. The number of nitrogen functional groups attached to an aromatic ring is 1. The summed E-state index contributed by atoms with van der Waals surface area (Å²) in [7, 11) is 0. The van der Waals surface area contributed by atoms with Crippen LogP contribution in [0.4, 0.5) is 24.8 Å². The van der Waals surface area contributed by atoms with Crippen LogP contribution in [0.3, 0.4) is 0 Å². The maximum Gasteiger partial charge on any atom is 0.406 e. The van der Waals surface area contributed by atoms with Crippen molar-refractivity contribution in [3.8, 4) is 0 Å². The van der Waals surface area contributed by atoms with Crippen LogP contribution in [0.2, 0.25) is 0 Å². The zero-order chi connectivity index (χ0) is 12.2. The third-order valence-electron chi connectivity index (χ3n) is 1.68. The van der Waals surface area contributed by atoms with Crippen molar-refractivity contribution in [2.45, 2.75) is 6.18 Å². The molecule has 1 heterocycles. The summed E-state index contributed by atoms with van der Waals surface area (Å²) in [4.78, 5) is 8.15. The Kier molecular flexibility index (Phi) is 3.88. The van der Waals surface area contributed by atoms with Gasteiger partial charge in [-0.2, -0.15) is 13.2 Å². The number of halogens is 3. The number of aromatic nitrogens is 2. The maximum absolute atomic E-state index is 12.2. The van der Waals surface area contributed by atoms with E-state index in [1.165, 1.54) is 12.4 Å². The quantitative estimate of drug-likeness (QED) is 0.792. The molecule has 8 heteroatoms. The van der Waals surface area contributed by atoms with E-state index in [4.69, 9.17) is 10.8 Å². The number of nitrogens with two attached hydrogens (primary N) is 1. The highest BCUT2D eigenvalue weighted by molar-refractivity contribution is 5.37. The lowest BCUT2D eigenvalue weighted by Gasteiger charge is -2.22. The number of rotatable bonds is 4. The van der Waals surface area contributed by atoms with Crippen LogP contribution in [0.25, 0.3) is 0 Å². The Balaban J connectivity index is 2.80. The lowest BCUT2D eigenvalue weighted by Crippen LogP contribution is -2.37. The molecule has 0 amide bonds. The van der Waals surface area contributed by atoms with Gasteiger partial charge in [0.15, 0.2) is 0 Å². The molecule has 5 nitrogen and oxygen atoms in total. The maximum atomic E-state index is 12.2.